The number of amides is 1. The number of aromatic nitrogens is 1. The maximum atomic E-state index is 13.8. The van der Waals surface area contributed by atoms with Crippen LogP contribution in [0.5, 0.6) is 0 Å². The van der Waals surface area contributed by atoms with Crippen molar-refractivity contribution < 1.29 is 27.9 Å². The molecule has 9 heteroatoms. The maximum Gasteiger partial charge on any atom is 0.416 e. The number of fused-ring (bicyclic) bond motifs is 1. The third kappa shape index (κ3) is 5.88. The van der Waals surface area contributed by atoms with Crippen molar-refractivity contribution in [3.8, 4) is 17.2 Å². The minimum Gasteiger partial charge on any atom is -0.478 e. The summed E-state index contributed by atoms with van der Waals surface area (Å²) in [7, 11) is 0. The van der Waals surface area contributed by atoms with Crippen molar-refractivity contribution in [2.24, 2.45) is 0 Å². The monoisotopic (exact) mass is 567 g/mol. The topological polar surface area (TPSA) is 95.1 Å². The van der Waals surface area contributed by atoms with Gasteiger partial charge in [0.15, 0.2) is 0 Å². The Morgan fingerprint density at radius 2 is 1.67 bits per heavy atom. The number of nitriles is 1. The van der Waals surface area contributed by atoms with Crippen molar-refractivity contribution in [2.45, 2.75) is 25.7 Å². The first-order valence-electron chi connectivity index (χ1n) is 13.0. The van der Waals surface area contributed by atoms with E-state index in [-0.39, 0.29) is 18.0 Å². The van der Waals surface area contributed by atoms with Crippen LogP contribution < -0.4 is 5.32 Å². The molecule has 0 radical (unpaired) electrons. The molecule has 2 N–H and O–H groups in total. The lowest BCUT2D eigenvalue weighted by Crippen LogP contribution is -2.27. The second-order valence-corrected chi connectivity index (χ2v) is 9.91. The van der Waals surface area contributed by atoms with Gasteiger partial charge in [0.05, 0.1) is 39.9 Å². The van der Waals surface area contributed by atoms with E-state index in [1.807, 2.05) is 22.8 Å². The molecule has 0 bridgehead atoms. The van der Waals surface area contributed by atoms with E-state index in [1.165, 1.54) is 24.3 Å². The van der Waals surface area contributed by atoms with E-state index in [9.17, 15) is 33.1 Å². The van der Waals surface area contributed by atoms with Gasteiger partial charge in [0.25, 0.3) is 5.91 Å². The lowest BCUT2D eigenvalue weighted by Gasteiger charge is -2.17. The number of carboxylic acids is 1. The van der Waals surface area contributed by atoms with E-state index in [0.717, 1.165) is 28.6 Å². The second-order valence-electron chi connectivity index (χ2n) is 9.91. The summed E-state index contributed by atoms with van der Waals surface area (Å²) in [6, 6.07) is 25.3. The number of alkyl halides is 3. The second kappa shape index (κ2) is 11.3. The number of nitrogens with one attached hydrogen (secondary N) is 1. The number of rotatable bonds is 7. The van der Waals surface area contributed by atoms with Gasteiger partial charge in [0.1, 0.15) is 0 Å². The van der Waals surface area contributed by atoms with Crippen LogP contribution in [0.3, 0.4) is 0 Å². The van der Waals surface area contributed by atoms with Gasteiger partial charge < -0.3 is 15.0 Å². The highest BCUT2D eigenvalue weighted by atomic mass is 19.4. The molecule has 0 fully saturated rings. The molecule has 1 heterocycles. The van der Waals surface area contributed by atoms with Gasteiger partial charge in [0, 0.05) is 18.1 Å². The highest BCUT2D eigenvalue weighted by Gasteiger charge is 2.30. The molecule has 1 amide bonds. The van der Waals surface area contributed by atoms with Gasteiger partial charge in [-0.2, -0.15) is 18.4 Å². The Kier molecular flexibility index (Phi) is 7.55. The number of aromatic carboxylic acids is 1. The first kappa shape index (κ1) is 28.2. The van der Waals surface area contributed by atoms with Crippen LogP contribution in [0.15, 0.2) is 97.2 Å². The van der Waals surface area contributed by atoms with E-state index >= 15 is 0 Å². The summed E-state index contributed by atoms with van der Waals surface area (Å²) in [5.74, 6) is -1.44. The molecule has 0 saturated heterocycles. The van der Waals surface area contributed by atoms with E-state index in [4.69, 9.17) is 0 Å². The SMILES string of the molecule is C[C@H](NC(=O)c1cc(-c2cccc(C#N)c2)cc2ccn(Cc3ccc(C(F)(F)F)cc3)c12)c1ccc(C(=O)O)cc1. The molecule has 6 nitrogen and oxygen atoms in total. The van der Waals surface area contributed by atoms with Gasteiger partial charge in [-0.15, -0.1) is 0 Å². The van der Waals surface area contributed by atoms with E-state index in [0.29, 0.717) is 27.8 Å². The van der Waals surface area contributed by atoms with E-state index in [1.54, 1.807) is 49.5 Å². The summed E-state index contributed by atoms with van der Waals surface area (Å²) in [4.78, 5) is 25.0. The highest BCUT2D eigenvalue weighted by Crippen LogP contribution is 2.32. The van der Waals surface area contributed by atoms with Crippen molar-refractivity contribution >= 4 is 22.8 Å². The van der Waals surface area contributed by atoms with Gasteiger partial charge in [-0.1, -0.05) is 36.4 Å². The molecule has 0 spiro atoms. The van der Waals surface area contributed by atoms with Gasteiger partial charge >= 0.3 is 12.1 Å². The molecule has 0 aliphatic carbocycles. The fraction of sp³-hybridized carbons (Fsp3) is 0.121. The molecule has 5 rings (SSSR count). The van der Waals surface area contributed by atoms with Crippen LogP contribution in [0.4, 0.5) is 13.2 Å². The summed E-state index contributed by atoms with van der Waals surface area (Å²) in [6.45, 7) is 2.02. The van der Waals surface area contributed by atoms with Gasteiger partial charge in [0.2, 0.25) is 0 Å². The number of benzene rings is 4. The van der Waals surface area contributed by atoms with Crippen LogP contribution in [0, 0.1) is 11.3 Å². The van der Waals surface area contributed by atoms with E-state index in [2.05, 4.69) is 11.4 Å². The Balaban J connectivity index is 1.54. The number of carbonyl (C=O) groups excluding carboxylic acids is 1. The lowest BCUT2D eigenvalue weighted by atomic mass is 9.98. The Labute approximate surface area is 239 Å². The van der Waals surface area contributed by atoms with Crippen LogP contribution in [0.25, 0.3) is 22.0 Å². The standard InChI is InChI=1S/C33H24F3N3O3/c1-20(23-7-9-24(10-8-23)32(41)42)38-31(40)29-17-27(25-4-2-3-22(15-25)18-37)16-26-13-14-39(30(26)29)19-21-5-11-28(12-6-21)33(34,35)36/h2-17,20H,19H2,1H3,(H,38,40)(H,41,42)/t20-/m0/s1. The van der Waals surface area contributed by atoms with Gasteiger partial charge in [-0.25, -0.2) is 4.79 Å². The first-order valence-corrected chi connectivity index (χ1v) is 13.0. The molecule has 0 aliphatic rings. The molecule has 0 saturated carbocycles. The normalized spacial score (nSPS) is 12.1. The average molecular weight is 568 g/mol. The zero-order valence-corrected chi connectivity index (χ0v) is 22.3. The minimum absolute atomic E-state index is 0.132. The summed E-state index contributed by atoms with van der Waals surface area (Å²) >= 11 is 0. The smallest absolute Gasteiger partial charge is 0.416 e. The highest BCUT2D eigenvalue weighted by molar-refractivity contribution is 6.08. The van der Waals surface area contributed by atoms with Crippen LogP contribution in [0.1, 0.15) is 55.9 Å². The van der Waals surface area contributed by atoms with Crippen molar-refractivity contribution in [3.63, 3.8) is 0 Å². The fourth-order valence-corrected chi connectivity index (χ4v) is 4.86. The quantitative estimate of drug-likeness (QED) is 0.214. The summed E-state index contributed by atoms with van der Waals surface area (Å²) in [6.07, 6.45) is -2.66. The number of hydrogen-bond acceptors (Lipinski definition) is 3. The first-order chi connectivity index (χ1) is 20.0. The minimum atomic E-state index is -4.44. The molecule has 0 unspecified atom stereocenters. The Hall–Kier alpha value is -5.36. The Morgan fingerprint density at radius 3 is 2.31 bits per heavy atom. The zero-order valence-electron chi connectivity index (χ0n) is 22.3. The molecular weight excluding hydrogens is 543 g/mol. The van der Waals surface area contributed by atoms with Crippen molar-refractivity contribution in [1.82, 2.24) is 9.88 Å². The molecule has 1 atom stereocenters. The maximum absolute atomic E-state index is 13.8. The van der Waals surface area contributed by atoms with Crippen molar-refractivity contribution in [3.05, 3.63) is 131 Å². The number of nitrogens with zero attached hydrogens (tertiary/aromatic N) is 2. The van der Waals surface area contributed by atoms with Gasteiger partial charge in [-0.05, 0) is 83.8 Å². The fourth-order valence-electron chi connectivity index (χ4n) is 4.86. The molecule has 5 aromatic rings. The van der Waals surface area contributed by atoms with Crippen LogP contribution in [0.2, 0.25) is 0 Å². The average Bonchev–Trinajstić information content (AvgIpc) is 3.38. The summed E-state index contributed by atoms with van der Waals surface area (Å²) in [5, 5.41) is 22.3. The summed E-state index contributed by atoms with van der Waals surface area (Å²) < 4.78 is 41.0. The lowest BCUT2D eigenvalue weighted by molar-refractivity contribution is -0.137. The molecule has 210 valence electrons. The number of hydrogen-bond donors (Lipinski definition) is 2. The van der Waals surface area contributed by atoms with Crippen LogP contribution in [-0.2, 0) is 12.7 Å². The molecule has 42 heavy (non-hydrogen) atoms. The predicted octanol–water partition coefficient (Wildman–Crippen LogP) is 7.44. The summed E-state index contributed by atoms with van der Waals surface area (Å²) in [5.41, 5.74) is 3.61. The van der Waals surface area contributed by atoms with E-state index < -0.39 is 23.8 Å². The number of carboxylic acid groups (broad SMARTS) is 1. The van der Waals surface area contributed by atoms with Crippen molar-refractivity contribution in [1.29, 1.82) is 5.26 Å². The Bertz CT molecular complexity index is 1830. The molecular formula is C33H24F3N3O3. The van der Waals surface area contributed by atoms with Crippen LogP contribution in [-0.4, -0.2) is 21.6 Å². The predicted molar refractivity (Wildman–Crippen MR) is 152 cm³/mol. The molecule has 0 aliphatic heterocycles. The molecule has 4 aromatic carbocycles. The van der Waals surface area contributed by atoms with Gasteiger partial charge in [-0.3, -0.25) is 4.79 Å². The third-order valence-corrected chi connectivity index (χ3v) is 7.07. The Morgan fingerprint density at radius 1 is 0.952 bits per heavy atom. The number of halogens is 3. The van der Waals surface area contributed by atoms with Crippen LogP contribution >= 0.6 is 0 Å². The number of carbonyl (C=O) groups is 2. The third-order valence-electron chi connectivity index (χ3n) is 7.07. The zero-order chi connectivity index (χ0) is 30.0. The molecule has 1 aromatic heterocycles. The largest absolute Gasteiger partial charge is 0.478 e. The van der Waals surface area contributed by atoms with Crippen molar-refractivity contribution in [2.75, 3.05) is 0 Å².